The van der Waals surface area contributed by atoms with Crippen molar-refractivity contribution in [2.24, 2.45) is 0 Å². The quantitative estimate of drug-likeness (QED) is 0.301. The monoisotopic (exact) mass is 632 g/mol. The van der Waals surface area contributed by atoms with Crippen LogP contribution in [0.15, 0.2) is 83.6 Å². The van der Waals surface area contributed by atoms with Crippen molar-refractivity contribution in [3.05, 3.63) is 94.7 Å². The summed E-state index contributed by atoms with van der Waals surface area (Å²) in [5, 5.41) is 7.19. The highest BCUT2D eigenvalue weighted by molar-refractivity contribution is 9.10. The third-order valence-corrected chi connectivity index (χ3v) is 7.88. The van der Waals surface area contributed by atoms with Crippen LogP contribution in [0.1, 0.15) is 22.2 Å². The first-order valence-electron chi connectivity index (χ1n) is 14.9. The molecule has 0 aliphatic carbocycles. The van der Waals surface area contributed by atoms with Gasteiger partial charge in [0.05, 0.1) is 48.1 Å². The van der Waals surface area contributed by atoms with Gasteiger partial charge in [-0.05, 0) is 66.7 Å². The summed E-state index contributed by atoms with van der Waals surface area (Å²) in [4.78, 5) is 48.5. The SMILES string of the molecule is [2H]C([2H])([2H])Oc1ccc2cc(Br)ccc2c1CN1C(=O)[C@@H](NC(=O)C(C)NC)CN(C(=O)Cc2cccnc2)c2ccccc21. The van der Waals surface area contributed by atoms with Crippen molar-refractivity contribution in [2.45, 2.75) is 32.0 Å². The maximum Gasteiger partial charge on any atom is 0.251 e. The van der Waals surface area contributed by atoms with Gasteiger partial charge in [0.25, 0.3) is 5.91 Å². The Kier molecular flexibility index (Phi) is 7.69. The lowest BCUT2D eigenvalue weighted by Gasteiger charge is -2.27. The zero-order chi connectivity index (χ0) is 32.3. The number of hydrogen-bond donors (Lipinski definition) is 2. The predicted octanol–water partition coefficient (Wildman–Crippen LogP) is 4.22. The van der Waals surface area contributed by atoms with E-state index >= 15 is 0 Å². The first-order valence-corrected chi connectivity index (χ1v) is 14.2. The topological polar surface area (TPSA) is 104 Å². The molecule has 9 nitrogen and oxygen atoms in total. The molecule has 4 aromatic rings. The average molecular weight is 634 g/mol. The van der Waals surface area contributed by atoms with Gasteiger partial charge in [0.1, 0.15) is 11.8 Å². The number of methoxy groups -OCH3 is 1. The number of pyridine rings is 1. The highest BCUT2D eigenvalue weighted by Crippen LogP contribution is 2.37. The highest BCUT2D eigenvalue weighted by atomic mass is 79.9. The summed E-state index contributed by atoms with van der Waals surface area (Å²) in [5.41, 5.74) is 2.06. The molecule has 2 heterocycles. The molecule has 0 fully saturated rings. The minimum atomic E-state index is -2.74. The number of rotatable bonds is 8. The van der Waals surface area contributed by atoms with Crippen LogP contribution in [0, 0.1) is 0 Å². The van der Waals surface area contributed by atoms with Crippen LogP contribution in [0.5, 0.6) is 5.75 Å². The first kappa shape index (κ1) is 25.4. The first-order chi connectivity index (χ1) is 21.4. The van der Waals surface area contributed by atoms with Crippen LogP contribution in [-0.4, -0.2) is 55.4 Å². The Morgan fingerprint density at radius 3 is 2.69 bits per heavy atom. The summed E-state index contributed by atoms with van der Waals surface area (Å²) in [6, 6.07) is 17.7. The summed E-state index contributed by atoms with van der Waals surface area (Å²) in [5.74, 6) is -1.08. The number of carbonyl (C=O) groups is 3. The average Bonchev–Trinajstić information content (AvgIpc) is 3.12. The van der Waals surface area contributed by atoms with E-state index < -0.39 is 30.9 Å². The fourth-order valence-electron chi connectivity index (χ4n) is 5.06. The lowest BCUT2D eigenvalue weighted by Crippen LogP contribution is -2.55. The molecule has 216 valence electrons. The van der Waals surface area contributed by atoms with Crippen molar-refractivity contribution >= 4 is 55.8 Å². The summed E-state index contributed by atoms with van der Waals surface area (Å²) in [6.07, 6.45) is 3.26. The van der Waals surface area contributed by atoms with Crippen LogP contribution >= 0.6 is 15.9 Å². The Labute approximate surface area is 257 Å². The molecular weight excluding hydrogens is 598 g/mol. The molecule has 10 heteroatoms. The van der Waals surface area contributed by atoms with Gasteiger partial charge in [0.2, 0.25) is 11.8 Å². The van der Waals surface area contributed by atoms with Gasteiger partial charge in [-0.3, -0.25) is 19.4 Å². The molecule has 0 saturated heterocycles. The van der Waals surface area contributed by atoms with E-state index in [0.29, 0.717) is 27.9 Å². The number of fused-ring (bicyclic) bond motifs is 2. The largest absolute Gasteiger partial charge is 0.496 e. The number of hydrogen-bond acceptors (Lipinski definition) is 6. The van der Waals surface area contributed by atoms with Crippen LogP contribution in [0.25, 0.3) is 10.8 Å². The Hall–Kier alpha value is -4.28. The molecule has 0 spiro atoms. The van der Waals surface area contributed by atoms with Crippen molar-refractivity contribution in [1.29, 1.82) is 0 Å². The van der Waals surface area contributed by atoms with E-state index in [9.17, 15) is 14.4 Å². The number of anilines is 2. The maximum atomic E-state index is 14.5. The molecule has 0 saturated carbocycles. The van der Waals surface area contributed by atoms with E-state index in [2.05, 4.69) is 31.5 Å². The number of aromatic nitrogens is 1. The Morgan fingerprint density at radius 1 is 1.14 bits per heavy atom. The Bertz CT molecular complexity index is 1740. The fourth-order valence-corrected chi connectivity index (χ4v) is 5.43. The van der Waals surface area contributed by atoms with E-state index in [1.807, 2.05) is 18.2 Å². The highest BCUT2D eigenvalue weighted by Gasteiger charge is 2.37. The van der Waals surface area contributed by atoms with Crippen LogP contribution in [0.2, 0.25) is 0 Å². The number of halogens is 1. The van der Waals surface area contributed by atoms with Crippen molar-refractivity contribution in [3.63, 3.8) is 0 Å². The molecule has 3 aromatic carbocycles. The third-order valence-electron chi connectivity index (χ3n) is 7.39. The normalized spacial score (nSPS) is 17.0. The molecule has 0 bridgehead atoms. The lowest BCUT2D eigenvalue weighted by molar-refractivity contribution is -0.128. The summed E-state index contributed by atoms with van der Waals surface area (Å²) in [6.45, 7) is 1.45. The predicted molar refractivity (Wildman–Crippen MR) is 167 cm³/mol. The van der Waals surface area contributed by atoms with Crippen LogP contribution in [0.4, 0.5) is 11.4 Å². The Balaban J connectivity index is 1.64. The second kappa shape index (κ2) is 12.7. The van der Waals surface area contributed by atoms with Crippen molar-refractivity contribution in [3.8, 4) is 5.75 Å². The molecule has 1 aliphatic rings. The summed E-state index contributed by atoms with van der Waals surface area (Å²) < 4.78 is 29.6. The number of ether oxygens (including phenoxy) is 1. The molecule has 1 aliphatic heterocycles. The van der Waals surface area contributed by atoms with Crippen molar-refractivity contribution in [1.82, 2.24) is 15.6 Å². The molecule has 5 rings (SSSR count). The standard InChI is InChI=1S/C32H32BrN5O4/c1-20(34-2)31(40)36-26-19-37(30(39)15-21-7-6-14-35-17-21)27-8-4-5-9-28(27)38(32(26)41)18-25-24-12-11-23(33)16-22(24)10-13-29(25)42-3/h4-14,16-17,20,26,34H,15,18-19H2,1-3H3,(H,36,40)/t20?,26-/m0/s1/i3D3. The lowest BCUT2D eigenvalue weighted by atomic mass is 10.0. The number of carbonyl (C=O) groups excluding carboxylic acids is 3. The van der Waals surface area contributed by atoms with Gasteiger partial charge in [-0.15, -0.1) is 0 Å². The van der Waals surface area contributed by atoms with Gasteiger partial charge in [-0.25, -0.2) is 0 Å². The van der Waals surface area contributed by atoms with E-state index in [-0.39, 0.29) is 31.2 Å². The number of nitrogens with one attached hydrogen (secondary N) is 2. The van der Waals surface area contributed by atoms with E-state index in [4.69, 9.17) is 8.85 Å². The Morgan fingerprint density at radius 2 is 1.95 bits per heavy atom. The molecular formula is C32H32BrN5O4. The van der Waals surface area contributed by atoms with E-state index in [1.54, 1.807) is 74.9 Å². The second-order valence-corrected chi connectivity index (χ2v) is 11.0. The molecule has 2 atom stereocenters. The van der Waals surface area contributed by atoms with Gasteiger partial charge in [0, 0.05) is 22.4 Å². The van der Waals surface area contributed by atoms with Gasteiger partial charge in [0.15, 0.2) is 0 Å². The maximum absolute atomic E-state index is 14.5. The smallest absolute Gasteiger partial charge is 0.251 e. The zero-order valence-electron chi connectivity index (χ0n) is 26.1. The van der Waals surface area contributed by atoms with Crippen LogP contribution in [-0.2, 0) is 27.3 Å². The van der Waals surface area contributed by atoms with E-state index in [1.165, 1.54) is 9.80 Å². The number of benzene rings is 3. The van der Waals surface area contributed by atoms with Crippen molar-refractivity contribution in [2.75, 3.05) is 30.4 Å². The minimum absolute atomic E-state index is 0.0265. The number of likely N-dealkylation sites (N-methyl/N-ethyl adjacent to an activating group) is 1. The van der Waals surface area contributed by atoms with Crippen LogP contribution < -0.4 is 25.2 Å². The van der Waals surface area contributed by atoms with Crippen LogP contribution in [0.3, 0.4) is 0 Å². The summed E-state index contributed by atoms with van der Waals surface area (Å²) >= 11 is 3.48. The number of nitrogens with zero attached hydrogens (tertiary/aromatic N) is 3. The zero-order valence-corrected chi connectivity index (χ0v) is 24.7. The number of amides is 3. The third kappa shape index (κ3) is 6.00. The molecule has 2 N–H and O–H groups in total. The molecule has 0 radical (unpaired) electrons. The van der Waals surface area contributed by atoms with Crippen molar-refractivity contribution < 1.29 is 23.2 Å². The summed E-state index contributed by atoms with van der Waals surface area (Å²) in [7, 11) is -1.11. The molecule has 3 amide bonds. The fraction of sp³-hybridized carbons (Fsp3) is 0.250. The van der Waals surface area contributed by atoms with Gasteiger partial charge >= 0.3 is 0 Å². The van der Waals surface area contributed by atoms with Gasteiger partial charge in [-0.2, -0.15) is 0 Å². The van der Waals surface area contributed by atoms with Gasteiger partial charge in [-0.1, -0.05) is 46.3 Å². The molecule has 42 heavy (non-hydrogen) atoms. The molecule has 1 unspecified atom stereocenters. The van der Waals surface area contributed by atoms with E-state index in [0.717, 1.165) is 9.86 Å². The molecule has 1 aromatic heterocycles. The second-order valence-electron chi connectivity index (χ2n) is 10.0. The number of para-hydroxylation sites is 2. The minimum Gasteiger partial charge on any atom is -0.496 e. The van der Waals surface area contributed by atoms with Gasteiger partial charge < -0.3 is 25.2 Å².